The van der Waals surface area contributed by atoms with Gasteiger partial charge in [0.25, 0.3) is 5.91 Å². The van der Waals surface area contributed by atoms with Crippen LogP contribution in [0, 0.1) is 5.92 Å². The highest BCUT2D eigenvalue weighted by atomic mass is 16.5. The predicted molar refractivity (Wildman–Crippen MR) is 190 cm³/mol. The van der Waals surface area contributed by atoms with Crippen molar-refractivity contribution in [1.29, 1.82) is 0 Å². The molecule has 5 aromatic carbocycles. The quantitative estimate of drug-likeness (QED) is 0.152. The van der Waals surface area contributed by atoms with E-state index >= 15 is 0 Å². The molecule has 0 aromatic heterocycles. The summed E-state index contributed by atoms with van der Waals surface area (Å²) >= 11 is 0. The molecule has 1 aliphatic heterocycles. The summed E-state index contributed by atoms with van der Waals surface area (Å²) in [5.74, 6) is -0.181. The average molecular weight is 646 g/mol. The van der Waals surface area contributed by atoms with E-state index in [-0.39, 0.29) is 36.6 Å². The average Bonchev–Trinajstić information content (AvgIpc) is 3.10. The van der Waals surface area contributed by atoms with Gasteiger partial charge < -0.3 is 35.6 Å². The van der Waals surface area contributed by atoms with E-state index < -0.39 is 18.2 Å². The van der Waals surface area contributed by atoms with Crippen LogP contribution in [0.3, 0.4) is 0 Å². The molecular weight excluding hydrogens is 606 g/mol. The number of aliphatic hydroxyl groups excluding tert-OH is 1. The topological polar surface area (TPSA) is 123 Å². The van der Waals surface area contributed by atoms with Crippen LogP contribution in [-0.4, -0.2) is 71.8 Å². The van der Waals surface area contributed by atoms with Gasteiger partial charge in [-0.15, -0.1) is 0 Å². The third-order valence-electron chi connectivity index (χ3n) is 8.79. The van der Waals surface area contributed by atoms with E-state index in [1.165, 1.54) is 0 Å². The molecule has 246 valence electrons. The van der Waals surface area contributed by atoms with Gasteiger partial charge in [0.05, 0.1) is 36.1 Å². The first-order valence-electron chi connectivity index (χ1n) is 16.0. The number of likely N-dealkylation sites (N-methyl/N-ethyl adjacent to an activating group) is 1. The molecule has 0 radical (unpaired) electrons. The minimum absolute atomic E-state index is 0.187. The zero-order valence-electron chi connectivity index (χ0n) is 27.1. The van der Waals surface area contributed by atoms with Crippen molar-refractivity contribution >= 4 is 56.6 Å². The zero-order chi connectivity index (χ0) is 33.8. The van der Waals surface area contributed by atoms with Gasteiger partial charge in [-0.3, -0.25) is 4.79 Å². The molecule has 6 rings (SSSR count). The fourth-order valence-corrected chi connectivity index (χ4v) is 6.04. The second-order valence-corrected chi connectivity index (χ2v) is 12.3. The van der Waals surface area contributed by atoms with Crippen LogP contribution in [0.1, 0.15) is 24.2 Å². The molecule has 48 heavy (non-hydrogen) atoms. The molecule has 0 saturated heterocycles. The Morgan fingerprint density at radius 2 is 1.48 bits per heavy atom. The van der Waals surface area contributed by atoms with Crippen LogP contribution in [0.15, 0.2) is 103 Å². The lowest BCUT2D eigenvalue weighted by Crippen LogP contribution is -2.50. The predicted octanol–water partition coefficient (Wildman–Crippen LogP) is 7.02. The first-order valence-corrected chi connectivity index (χ1v) is 16.0. The SMILES string of the molecule is C[C@H](CO)N1C[C@H](C)[C@@H](CN(C)C(=O)Nc2cccc3ccccc23)Oc2ccc(NC(=O)Nc3cccc4ccccc34)cc2C1=O. The number of nitrogens with zero attached hydrogens (tertiary/aromatic N) is 2. The number of fused-ring (bicyclic) bond motifs is 3. The van der Waals surface area contributed by atoms with Crippen molar-refractivity contribution in [2.45, 2.75) is 26.0 Å². The number of carbonyl (C=O) groups excluding carboxylic acids is 3. The van der Waals surface area contributed by atoms with Gasteiger partial charge in [-0.2, -0.15) is 0 Å². The zero-order valence-corrected chi connectivity index (χ0v) is 27.1. The summed E-state index contributed by atoms with van der Waals surface area (Å²) in [4.78, 5) is 43.5. The Labute approximate surface area is 279 Å². The van der Waals surface area contributed by atoms with Crippen molar-refractivity contribution < 1.29 is 24.2 Å². The molecule has 0 bridgehead atoms. The Morgan fingerprint density at radius 1 is 0.875 bits per heavy atom. The number of aliphatic hydroxyl groups is 1. The third kappa shape index (κ3) is 6.89. The molecular formula is C38H39N5O5. The summed E-state index contributed by atoms with van der Waals surface area (Å²) in [6.45, 7) is 4.05. The van der Waals surface area contributed by atoms with E-state index in [9.17, 15) is 19.5 Å². The van der Waals surface area contributed by atoms with E-state index in [1.54, 1.807) is 42.0 Å². The number of rotatable bonds is 7. The van der Waals surface area contributed by atoms with Crippen molar-refractivity contribution in [1.82, 2.24) is 9.80 Å². The molecule has 1 aliphatic rings. The maximum Gasteiger partial charge on any atom is 0.323 e. The number of benzene rings is 5. The second-order valence-electron chi connectivity index (χ2n) is 12.3. The molecule has 3 atom stereocenters. The Kier molecular flexibility index (Phi) is 9.45. The highest BCUT2D eigenvalue weighted by Crippen LogP contribution is 2.31. The largest absolute Gasteiger partial charge is 0.487 e. The summed E-state index contributed by atoms with van der Waals surface area (Å²) in [5, 5.41) is 22.7. The minimum atomic E-state index is -0.484. The highest BCUT2D eigenvalue weighted by molar-refractivity contribution is 6.07. The van der Waals surface area contributed by atoms with Gasteiger partial charge >= 0.3 is 12.1 Å². The Balaban J connectivity index is 1.22. The van der Waals surface area contributed by atoms with Crippen LogP contribution in [-0.2, 0) is 0 Å². The number of hydrogen-bond acceptors (Lipinski definition) is 5. The number of anilines is 3. The van der Waals surface area contributed by atoms with Crippen LogP contribution < -0.4 is 20.7 Å². The third-order valence-corrected chi connectivity index (χ3v) is 8.79. The molecule has 5 aromatic rings. The molecule has 0 aliphatic carbocycles. The Bertz CT molecular complexity index is 1970. The molecule has 0 unspecified atom stereocenters. The molecule has 5 amide bonds. The highest BCUT2D eigenvalue weighted by Gasteiger charge is 2.34. The monoisotopic (exact) mass is 645 g/mol. The van der Waals surface area contributed by atoms with Gasteiger partial charge in [0, 0.05) is 36.0 Å². The van der Waals surface area contributed by atoms with E-state index in [1.807, 2.05) is 91.9 Å². The van der Waals surface area contributed by atoms with E-state index in [2.05, 4.69) is 16.0 Å². The minimum Gasteiger partial charge on any atom is -0.487 e. The van der Waals surface area contributed by atoms with Gasteiger partial charge in [0.1, 0.15) is 11.9 Å². The van der Waals surface area contributed by atoms with Crippen LogP contribution >= 0.6 is 0 Å². The van der Waals surface area contributed by atoms with E-state index in [0.717, 1.165) is 21.5 Å². The van der Waals surface area contributed by atoms with E-state index in [4.69, 9.17) is 4.74 Å². The maximum atomic E-state index is 13.9. The van der Waals surface area contributed by atoms with Crippen molar-refractivity contribution in [3.8, 4) is 5.75 Å². The number of hydrogen-bond donors (Lipinski definition) is 4. The van der Waals surface area contributed by atoms with Crippen molar-refractivity contribution in [2.75, 3.05) is 42.7 Å². The summed E-state index contributed by atoms with van der Waals surface area (Å²) in [6, 6.07) is 30.7. The Hall–Kier alpha value is -5.61. The molecule has 0 saturated carbocycles. The lowest BCUT2D eigenvalue weighted by Gasteiger charge is -2.38. The first kappa shape index (κ1) is 32.3. The maximum absolute atomic E-state index is 13.9. The van der Waals surface area contributed by atoms with Crippen LogP contribution in [0.25, 0.3) is 21.5 Å². The fourth-order valence-electron chi connectivity index (χ4n) is 6.04. The molecule has 10 nitrogen and oxygen atoms in total. The molecule has 0 spiro atoms. The summed E-state index contributed by atoms with van der Waals surface area (Å²) in [5.41, 5.74) is 2.01. The lowest BCUT2D eigenvalue weighted by atomic mass is 9.99. The number of amides is 5. The number of nitrogens with one attached hydrogen (secondary N) is 3. The van der Waals surface area contributed by atoms with Gasteiger partial charge in [0.2, 0.25) is 0 Å². The fraction of sp³-hybridized carbons (Fsp3) is 0.237. The van der Waals surface area contributed by atoms with Gasteiger partial charge in [0.15, 0.2) is 0 Å². The smallest absolute Gasteiger partial charge is 0.323 e. The van der Waals surface area contributed by atoms with Gasteiger partial charge in [-0.25, -0.2) is 9.59 Å². The van der Waals surface area contributed by atoms with Crippen molar-refractivity contribution in [3.63, 3.8) is 0 Å². The van der Waals surface area contributed by atoms with Crippen LogP contribution in [0.5, 0.6) is 5.75 Å². The van der Waals surface area contributed by atoms with Gasteiger partial charge in [-0.05, 0) is 48.0 Å². The molecule has 1 heterocycles. The first-order chi connectivity index (χ1) is 23.2. The summed E-state index contributed by atoms with van der Waals surface area (Å²) < 4.78 is 6.47. The normalized spacial score (nSPS) is 16.7. The standard InChI is InChI=1S/C38H39N5O5/c1-24-21-43(25(2)23-44)36(45)31-20-28(39-37(46)40-32-16-8-12-26-10-4-6-14-29(26)32)18-19-34(31)48-35(24)22-42(3)38(47)41-33-17-9-13-27-11-5-7-15-30(27)33/h4-20,24-25,35,44H,21-23H2,1-3H3,(H,41,47)(H2,39,40,46)/t24-,25+,35+/m0/s1. The number of urea groups is 2. The van der Waals surface area contributed by atoms with Crippen LogP contribution in [0.2, 0.25) is 0 Å². The molecule has 4 N–H and O–H groups in total. The second kappa shape index (κ2) is 14.0. The van der Waals surface area contributed by atoms with Gasteiger partial charge in [-0.1, -0.05) is 79.7 Å². The van der Waals surface area contributed by atoms with Crippen molar-refractivity contribution in [2.24, 2.45) is 5.92 Å². The molecule has 0 fully saturated rings. The van der Waals surface area contributed by atoms with E-state index in [0.29, 0.717) is 29.4 Å². The summed E-state index contributed by atoms with van der Waals surface area (Å²) in [6.07, 6.45) is -0.484. The number of ether oxygens (including phenoxy) is 1. The summed E-state index contributed by atoms with van der Waals surface area (Å²) in [7, 11) is 1.71. The lowest BCUT2D eigenvalue weighted by molar-refractivity contribution is 0.0371. The van der Waals surface area contributed by atoms with Crippen molar-refractivity contribution in [3.05, 3.63) is 109 Å². The molecule has 10 heteroatoms. The Morgan fingerprint density at radius 3 is 2.12 bits per heavy atom. The van der Waals surface area contributed by atoms with Crippen LogP contribution in [0.4, 0.5) is 26.7 Å². The number of carbonyl (C=O) groups is 3.